The molecule has 1 heterocycles. The van der Waals surface area contributed by atoms with Crippen LogP contribution in [0.3, 0.4) is 0 Å². The number of aliphatic imine (C=N–C) groups is 1. The lowest BCUT2D eigenvalue weighted by molar-refractivity contribution is -0.121. The van der Waals surface area contributed by atoms with E-state index in [9.17, 15) is 4.79 Å². The van der Waals surface area contributed by atoms with Gasteiger partial charge in [0.2, 0.25) is 5.91 Å². The van der Waals surface area contributed by atoms with Gasteiger partial charge in [-0.3, -0.25) is 9.79 Å². The Bertz CT molecular complexity index is 865. The van der Waals surface area contributed by atoms with Gasteiger partial charge >= 0.3 is 0 Å². The van der Waals surface area contributed by atoms with E-state index in [0.29, 0.717) is 25.5 Å². The van der Waals surface area contributed by atoms with Crippen molar-refractivity contribution in [2.24, 2.45) is 4.99 Å². The van der Waals surface area contributed by atoms with E-state index in [-0.39, 0.29) is 17.6 Å². The van der Waals surface area contributed by atoms with Crippen LogP contribution in [-0.2, 0) is 11.3 Å². The first-order valence-electron chi connectivity index (χ1n) is 10.6. The predicted octanol–water partition coefficient (Wildman–Crippen LogP) is 3.55. The minimum Gasteiger partial charge on any atom is -0.487 e. The molecule has 0 saturated carbocycles. The smallest absolute Gasteiger partial charge is 0.222 e. The Morgan fingerprint density at radius 2 is 1.83 bits per heavy atom. The van der Waals surface area contributed by atoms with Crippen molar-refractivity contribution in [3.63, 3.8) is 0 Å². The van der Waals surface area contributed by atoms with Crippen molar-refractivity contribution in [1.82, 2.24) is 16.0 Å². The molecule has 160 valence electrons. The number of ether oxygens (including phenoxy) is 1. The topological polar surface area (TPSA) is 74.8 Å². The molecule has 1 aliphatic rings. The molecule has 0 aromatic heterocycles. The first-order chi connectivity index (χ1) is 14.5. The van der Waals surface area contributed by atoms with Gasteiger partial charge in [0.25, 0.3) is 0 Å². The third-order valence-corrected chi connectivity index (χ3v) is 4.97. The molecule has 0 radical (unpaired) electrons. The maximum atomic E-state index is 12.2. The van der Waals surface area contributed by atoms with Gasteiger partial charge in [0.1, 0.15) is 11.4 Å². The number of amides is 1. The largest absolute Gasteiger partial charge is 0.487 e. The molecule has 0 aliphatic carbocycles. The molecular formula is C24H32N4O2. The third-order valence-electron chi connectivity index (χ3n) is 4.97. The fourth-order valence-corrected chi connectivity index (χ4v) is 3.57. The average molecular weight is 409 g/mol. The summed E-state index contributed by atoms with van der Waals surface area (Å²) < 4.78 is 6.11. The molecule has 2 aromatic carbocycles. The van der Waals surface area contributed by atoms with Gasteiger partial charge in [0.05, 0.1) is 12.6 Å². The second-order valence-corrected chi connectivity index (χ2v) is 8.07. The van der Waals surface area contributed by atoms with Crippen LogP contribution in [0, 0.1) is 0 Å². The lowest BCUT2D eigenvalue weighted by atomic mass is 9.90. The second-order valence-electron chi connectivity index (χ2n) is 8.07. The standard InChI is InChI=1S/C24H32N4O2/c1-4-25-23(26-15-14-22(29)27-17-18-10-6-5-7-11-18)28-20-16-24(2,3)30-21-13-9-8-12-19(20)21/h5-13,20H,4,14-17H2,1-3H3,(H,27,29)(H2,25,26,28). The summed E-state index contributed by atoms with van der Waals surface area (Å²) in [6.45, 7) is 7.93. The summed E-state index contributed by atoms with van der Waals surface area (Å²) in [4.78, 5) is 16.8. The van der Waals surface area contributed by atoms with Crippen molar-refractivity contribution in [2.75, 3.05) is 13.1 Å². The zero-order valence-electron chi connectivity index (χ0n) is 18.1. The lowest BCUT2D eigenvalue weighted by Gasteiger charge is -2.38. The fourth-order valence-electron chi connectivity index (χ4n) is 3.57. The Morgan fingerprint density at radius 3 is 2.60 bits per heavy atom. The highest BCUT2D eigenvalue weighted by molar-refractivity contribution is 5.81. The molecular weight excluding hydrogens is 376 g/mol. The van der Waals surface area contributed by atoms with Gasteiger partial charge in [0.15, 0.2) is 5.96 Å². The van der Waals surface area contributed by atoms with Crippen LogP contribution >= 0.6 is 0 Å². The monoisotopic (exact) mass is 408 g/mol. The quantitative estimate of drug-likeness (QED) is 0.484. The van der Waals surface area contributed by atoms with Crippen molar-refractivity contribution >= 4 is 11.9 Å². The molecule has 0 spiro atoms. The number of nitrogens with zero attached hydrogens (tertiary/aromatic N) is 1. The molecule has 2 aromatic rings. The van der Waals surface area contributed by atoms with Crippen molar-refractivity contribution in [1.29, 1.82) is 0 Å². The maximum Gasteiger partial charge on any atom is 0.222 e. The molecule has 3 N–H and O–H groups in total. The van der Waals surface area contributed by atoms with E-state index < -0.39 is 0 Å². The SMILES string of the molecule is CCNC(=NCCC(=O)NCc1ccccc1)NC1CC(C)(C)Oc2ccccc21. The molecule has 1 atom stereocenters. The number of benzene rings is 2. The number of carbonyl (C=O) groups excluding carboxylic acids is 1. The van der Waals surface area contributed by atoms with Crippen LogP contribution < -0.4 is 20.7 Å². The summed E-state index contributed by atoms with van der Waals surface area (Å²) in [6.07, 6.45) is 1.17. The zero-order chi connectivity index (χ0) is 21.4. The summed E-state index contributed by atoms with van der Waals surface area (Å²) in [5.41, 5.74) is 1.95. The average Bonchev–Trinajstić information content (AvgIpc) is 2.72. The Morgan fingerprint density at radius 1 is 1.10 bits per heavy atom. The predicted molar refractivity (Wildman–Crippen MR) is 121 cm³/mol. The normalized spacial score (nSPS) is 17.4. The van der Waals surface area contributed by atoms with Gasteiger partial charge < -0.3 is 20.7 Å². The van der Waals surface area contributed by atoms with Gasteiger partial charge in [-0.1, -0.05) is 48.5 Å². The number of rotatable bonds is 7. The number of nitrogens with one attached hydrogen (secondary N) is 3. The highest BCUT2D eigenvalue weighted by Gasteiger charge is 2.33. The molecule has 1 unspecified atom stereocenters. The van der Waals surface area contributed by atoms with Crippen LogP contribution in [0.5, 0.6) is 5.75 Å². The van der Waals surface area contributed by atoms with Crippen LogP contribution in [0.15, 0.2) is 59.6 Å². The maximum absolute atomic E-state index is 12.2. The van der Waals surface area contributed by atoms with E-state index in [1.165, 1.54) is 0 Å². The van der Waals surface area contributed by atoms with Gasteiger partial charge in [-0.05, 0) is 32.4 Å². The first-order valence-corrected chi connectivity index (χ1v) is 10.6. The number of carbonyl (C=O) groups is 1. The lowest BCUT2D eigenvalue weighted by Crippen LogP contribution is -2.45. The van der Waals surface area contributed by atoms with Crippen LogP contribution in [0.1, 0.15) is 50.8 Å². The van der Waals surface area contributed by atoms with Crippen molar-refractivity contribution < 1.29 is 9.53 Å². The second kappa shape index (κ2) is 10.1. The van der Waals surface area contributed by atoms with Gasteiger partial charge in [-0.25, -0.2) is 0 Å². The summed E-state index contributed by atoms with van der Waals surface area (Å²) >= 11 is 0. The van der Waals surface area contributed by atoms with E-state index in [2.05, 4.69) is 40.9 Å². The molecule has 30 heavy (non-hydrogen) atoms. The minimum absolute atomic E-state index is 0.00371. The van der Waals surface area contributed by atoms with E-state index in [0.717, 1.165) is 29.8 Å². The van der Waals surface area contributed by atoms with E-state index in [1.54, 1.807) is 0 Å². The number of fused-ring (bicyclic) bond motifs is 1. The molecule has 6 nitrogen and oxygen atoms in total. The van der Waals surface area contributed by atoms with Crippen LogP contribution in [0.4, 0.5) is 0 Å². The molecule has 6 heteroatoms. The number of hydrogen-bond donors (Lipinski definition) is 3. The molecule has 3 rings (SSSR count). The summed E-state index contributed by atoms with van der Waals surface area (Å²) in [7, 11) is 0. The fraction of sp³-hybridized carbons (Fsp3) is 0.417. The summed E-state index contributed by atoms with van der Waals surface area (Å²) in [5.74, 6) is 1.62. The van der Waals surface area contributed by atoms with Gasteiger partial charge in [-0.2, -0.15) is 0 Å². The van der Waals surface area contributed by atoms with Crippen molar-refractivity contribution in [2.45, 2.75) is 51.8 Å². The van der Waals surface area contributed by atoms with Gasteiger partial charge in [0, 0.05) is 31.5 Å². The minimum atomic E-state index is -0.263. The van der Waals surface area contributed by atoms with Crippen molar-refractivity contribution in [3.8, 4) is 5.75 Å². The third kappa shape index (κ3) is 6.24. The number of guanidine groups is 1. The summed E-state index contributed by atoms with van der Waals surface area (Å²) in [6, 6.07) is 18.1. The van der Waals surface area contributed by atoms with E-state index in [4.69, 9.17) is 4.74 Å². The molecule has 0 saturated heterocycles. The first kappa shape index (κ1) is 21.7. The van der Waals surface area contributed by atoms with Crippen LogP contribution in [0.25, 0.3) is 0 Å². The highest BCUT2D eigenvalue weighted by Crippen LogP contribution is 2.39. The Balaban J connectivity index is 1.57. The van der Waals surface area contributed by atoms with Crippen LogP contribution in [0.2, 0.25) is 0 Å². The zero-order valence-corrected chi connectivity index (χ0v) is 18.1. The van der Waals surface area contributed by atoms with Crippen LogP contribution in [-0.4, -0.2) is 30.6 Å². The van der Waals surface area contributed by atoms with E-state index in [1.807, 2.05) is 55.5 Å². The molecule has 0 bridgehead atoms. The Kier molecular flexibility index (Phi) is 7.33. The number of hydrogen-bond acceptors (Lipinski definition) is 3. The molecule has 1 aliphatic heterocycles. The Hall–Kier alpha value is -3.02. The van der Waals surface area contributed by atoms with Crippen molar-refractivity contribution in [3.05, 3.63) is 65.7 Å². The highest BCUT2D eigenvalue weighted by atomic mass is 16.5. The molecule has 0 fully saturated rings. The van der Waals surface area contributed by atoms with E-state index >= 15 is 0 Å². The Labute approximate surface area is 179 Å². The summed E-state index contributed by atoms with van der Waals surface area (Å²) in [5, 5.41) is 9.76. The number of para-hydroxylation sites is 1. The molecule has 1 amide bonds. The van der Waals surface area contributed by atoms with Gasteiger partial charge in [-0.15, -0.1) is 0 Å².